The fraction of sp³-hybridized carbons (Fsp3) is 0.500. The predicted molar refractivity (Wildman–Crippen MR) is 70.5 cm³/mol. The molecule has 2 aromatic heterocycles. The minimum absolute atomic E-state index is 0.0602. The summed E-state index contributed by atoms with van der Waals surface area (Å²) in [5.41, 5.74) is 6.54. The van der Waals surface area contributed by atoms with E-state index in [1.807, 2.05) is 28.8 Å². The molecule has 0 radical (unpaired) electrons. The molecule has 5 nitrogen and oxygen atoms in total. The maximum atomic E-state index is 9.27. The highest BCUT2D eigenvalue weighted by atomic mass is 32.2. The highest BCUT2D eigenvalue weighted by Gasteiger charge is 2.36. The van der Waals surface area contributed by atoms with Gasteiger partial charge in [0.25, 0.3) is 0 Å². The molecule has 18 heavy (non-hydrogen) atoms. The fourth-order valence-electron chi connectivity index (χ4n) is 2.40. The van der Waals surface area contributed by atoms with Gasteiger partial charge in [0.05, 0.1) is 6.61 Å². The van der Waals surface area contributed by atoms with Gasteiger partial charge in [-0.2, -0.15) is 0 Å². The molecule has 2 atom stereocenters. The van der Waals surface area contributed by atoms with E-state index in [2.05, 4.69) is 10.2 Å². The summed E-state index contributed by atoms with van der Waals surface area (Å²) in [4.78, 5) is 0. The second kappa shape index (κ2) is 4.53. The molecule has 1 aliphatic carbocycles. The number of hydrogen-bond acceptors (Lipinski definition) is 5. The average molecular weight is 264 g/mol. The van der Waals surface area contributed by atoms with Crippen LogP contribution in [0.25, 0.3) is 5.65 Å². The van der Waals surface area contributed by atoms with Crippen LogP contribution in [0.1, 0.15) is 19.3 Å². The Balaban J connectivity index is 1.78. The molecular weight excluding hydrogens is 248 g/mol. The third-order valence-corrected chi connectivity index (χ3v) is 4.69. The summed E-state index contributed by atoms with van der Waals surface area (Å²) in [7, 11) is 0. The minimum Gasteiger partial charge on any atom is -0.394 e. The van der Waals surface area contributed by atoms with E-state index in [9.17, 15) is 5.11 Å². The first kappa shape index (κ1) is 12.0. The second-order valence-corrected chi connectivity index (χ2v) is 6.18. The van der Waals surface area contributed by atoms with Crippen molar-refractivity contribution in [3.8, 4) is 0 Å². The van der Waals surface area contributed by atoms with E-state index in [-0.39, 0.29) is 6.61 Å². The third kappa shape index (κ3) is 2.11. The van der Waals surface area contributed by atoms with E-state index in [0.29, 0.717) is 5.25 Å². The standard InChI is InChI=1S/C12H16N4OS/c13-12(8-17)5-4-9(7-12)18-11-15-14-10-3-1-2-6-16(10)11/h1-3,6,9,17H,4-5,7-8,13H2. The smallest absolute Gasteiger partial charge is 0.195 e. The van der Waals surface area contributed by atoms with Crippen LogP contribution in [0.15, 0.2) is 29.6 Å². The van der Waals surface area contributed by atoms with Gasteiger partial charge in [0.1, 0.15) is 0 Å². The average Bonchev–Trinajstić information content (AvgIpc) is 2.96. The van der Waals surface area contributed by atoms with Crippen molar-refractivity contribution in [2.45, 2.75) is 35.2 Å². The summed E-state index contributed by atoms with van der Waals surface area (Å²) in [5.74, 6) is 0. The van der Waals surface area contributed by atoms with Crippen molar-refractivity contribution in [2.24, 2.45) is 5.73 Å². The largest absolute Gasteiger partial charge is 0.394 e. The van der Waals surface area contributed by atoms with Crippen LogP contribution in [0, 0.1) is 0 Å². The van der Waals surface area contributed by atoms with Gasteiger partial charge < -0.3 is 10.8 Å². The molecule has 0 bridgehead atoms. The van der Waals surface area contributed by atoms with Gasteiger partial charge in [-0.1, -0.05) is 17.8 Å². The highest BCUT2D eigenvalue weighted by molar-refractivity contribution is 7.99. The van der Waals surface area contributed by atoms with Crippen LogP contribution in [0.4, 0.5) is 0 Å². The number of fused-ring (bicyclic) bond motifs is 1. The van der Waals surface area contributed by atoms with Gasteiger partial charge in [0.2, 0.25) is 0 Å². The van der Waals surface area contributed by atoms with Crippen LogP contribution in [0.5, 0.6) is 0 Å². The molecule has 0 spiro atoms. The van der Waals surface area contributed by atoms with E-state index < -0.39 is 5.54 Å². The van der Waals surface area contributed by atoms with Crippen molar-refractivity contribution in [1.82, 2.24) is 14.6 Å². The Morgan fingerprint density at radius 1 is 1.50 bits per heavy atom. The van der Waals surface area contributed by atoms with Crippen molar-refractivity contribution in [3.63, 3.8) is 0 Å². The van der Waals surface area contributed by atoms with E-state index in [1.165, 1.54) is 0 Å². The highest BCUT2D eigenvalue weighted by Crippen LogP contribution is 2.38. The molecule has 2 unspecified atom stereocenters. The van der Waals surface area contributed by atoms with E-state index in [1.54, 1.807) is 11.8 Å². The Bertz CT molecular complexity index is 558. The SMILES string of the molecule is NC1(CO)CCC(Sc2nnc3ccccn23)C1. The molecule has 1 fully saturated rings. The molecule has 0 saturated heterocycles. The number of aromatic nitrogens is 3. The van der Waals surface area contributed by atoms with Crippen LogP contribution < -0.4 is 5.73 Å². The van der Waals surface area contributed by atoms with Gasteiger partial charge in [-0.25, -0.2) is 0 Å². The van der Waals surface area contributed by atoms with Crippen LogP contribution in [0.2, 0.25) is 0 Å². The lowest BCUT2D eigenvalue weighted by Gasteiger charge is -2.20. The van der Waals surface area contributed by atoms with Gasteiger partial charge in [0, 0.05) is 17.0 Å². The lowest BCUT2D eigenvalue weighted by molar-refractivity contribution is 0.200. The van der Waals surface area contributed by atoms with Crippen molar-refractivity contribution >= 4 is 17.4 Å². The quantitative estimate of drug-likeness (QED) is 0.867. The monoisotopic (exact) mass is 264 g/mol. The summed E-state index contributed by atoms with van der Waals surface area (Å²) < 4.78 is 1.99. The van der Waals surface area contributed by atoms with Crippen molar-refractivity contribution in [3.05, 3.63) is 24.4 Å². The number of rotatable bonds is 3. The predicted octanol–water partition coefficient (Wildman–Crippen LogP) is 1.06. The summed E-state index contributed by atoms with van der Waals surface area (Å²) >= 11 is 1.70. The Hall–Kier alpha value is -1.11. The summed E-state index contributed by atoms with van der Waals surface area (Å²) in [6.45, 7) is 0.0602. The Morgan fingerprint density at radius 2 is 2.39 bits per heavy atom. The third-order valence-electron chi connectivity index (χ3n) is 3.47. The molecular formula is C12H16N4OS. The molecule has 3 N–H and O–H groups in total. The molecule has 2 aromatic rings. The zero-order valence-electron chi connectivity index (χ0n) is 9.99. The van der Waals surface area contributed by atoms with Crippen LogP contribution in [-0.4, -0.2) is 37.1 Å². The molecule has 0 amide bonds. The number of aliphatic hydroxyl groups is 1. The number of hydrogen-bond donors (Lipinski definition) is 2. The zero-order chi connectivity index (χ0) is 12.6. The minimum atomic E-state index is -0.405. The topological polar surface area (TPSA) is 76.4 Å². The van der Waals surface area contributed by atoms with Gasteiger partial charge >= 0.3 is 0 Å². The number of aliphatic hydroxyl groups excluding tert-OH is 1. The molecule has 0 aromatic carbocycles. The molecule has 2 heterocycles. The molecule has 1 aliphatic rings. The summed E-state index contributed by atoms with van der Waals surface area (Å²) in [6.07, 6.45) is 4.69. The Morgan fingerprint density at radius 3 is 3.17 bits per heavy atom. The zero-order valence-corrected chi connectivity index (χ0v) is 10.8. The molecule has 96 valence electrons. The van der Waals surface area contributed by atoms with Crippen molar-refractivity contribution in [1.29, 1.82) is 0 Å². The lowest BCUT2D eigenvalue weighted by Crippen LogP contribution is -2.40. The normalized spacial score (nSPS) is 28.0. The van der Waals surface area contributed by atoms with Gasteiger partial charge in [-0.15, -0.1) is 10.2 Å². The van der Waals surface area contributed by atoms with Gasteiger partial charge in [-0.3, -0.25) is 4.40 Å². The number of pyridine rings is 1. The number of thioether (sulfide) groups is 1. The first-order chi connectivity index (χ1) is 8.70. The van der Waals surface area contributed by atoms with Gasteiger partial charge in [-0.05, 0) is 31.4 Å². The van der Waals surface area contributed by atoms with Crippen LogP contribution >= 0.6 is 11.8 Å². The molecule has 6 heteroatoms. The van der Waals surface area contributed by atoms with E-state index in [0.717, 1.165) is 30.1 Å². The maximum Gasteiger partial charge on any atom is 0.195 e. The van der Waals surface area contributed by atoms with Crippen molar-refractivity contribution < 1.29 is 5.11 Å². The fourth-order valence-corrected chi connectivity index (χ4v) is 3.70. The summed E-state index contributed by atoms with van der Waals surface area (Å²) in [5, 5.41) is 18.9. The molecule has 1 saturated carbocycles. The second-order valence-electron chi connectivity index (χ2n) is 4.91. The first-order valence-corrected chi connectivity index (χ1v) is 6.94. The van der Waals surface area contributed by atoms with E-state index in [4.69, 9.17) is 5.73 Å². The summed E-state index contributed by atoms with van der Waals surface area (Å²) in [6, 6.07) is 5.85. The molecule has 3 rings (SSSR count). The van der Waals surface area contributed by atoms with Crippen LogP contribution in [-0.2, 0) is 0 Å². The van der Waals surface area contributed by atoms with Gasteiger partial charge in [0.15, 0.2) is 10.8 Å². The first-order valence-electron chi connectivity index (χ1n) is 6.06. The Kier molecular flexibility index (Phi) is 3.01. The van der Waals surface area contributed by atoms with E-state index >= 15 is 0 Å². The van der Waals surface area contributed by atoms with Crippen LogP contribution in [0.3, 0.4) is 0 Å². The number of nitrogens with zero attached hydrogens (tertiary/aromatic N) is 3. The molecule has 0 aliphatic heterocycles. The Labute approximate surface area is 109 Å². The number of nitrogens with two attached hydrogens (primary N) is 1. The maximum absolute atomic E-state index is 9.27. The lowest BCUT2D eigenvalue weighted by atomic mass is 10.0. The van der Waals surface area contributed by atoms with Crippen molar-refractivity contribution in [2.75, 3.05) is 6.61 Å².